The van der Waals surface area contributed by atoms with Gasteiger partial charge in [-0.2, -0.15) is 0 Å². The zero-order chi connectivity index (χ0) is 18.8. The summed E-state index contributed by atoms with van der Waals surface area (Å²) in [6.07, 6.45) is 5.02. The van der Waals surface area contributed by atoms with Gasteiger partial charge in [0, 0.05) is 18.5 Å². The quantitative estimate of drug-likeness (QED) is 0.538. The number of carbonyl (C=O) groups is 1. The van der Waals surface area contributed by atoms with Crippen LogP contribution in [0.5, 0.6) is 11.5 Å². The topological polar surface area (TPSA) is 48.4 Å². The summed E-state index contributed by atoms with van der Waals surface area (Å²) < 4.78 is 11.5. The van der Waals surface area contributed by atoms with Crippen LogP contribution >= 0.6 is 23.2 Å². The number of allylic oxidation sites excluding steroid dienone is 1. The van der Waals surface area contributed by atoms with Gasteiger partial charge in [0.15, 0.2) is 5.76 Å². The van der Waals surface area contributed by atoms with E-state index in [2.05, 4.69) is 4.98 Å². The maximum atomic E-state index is 12.5. The second-order valence-electron chi connectivity index (χ2n) is 5.92. The van der Waals surface area contributed by atoms with E-state index in [1.807, 2.05) is 6.07 Å². The van der Waals surface area contributed by atoms with Gasteiger partial charge in [-0.05, 0) is 53.6 Å². The fourth-order valence-corrected chi connectivity index (χ4v) is 2.98. The van der Waals surface area contributed by atoms with Crippen LogP contribution in [-0.4, -0.2) is 10.8 Å². The Kier molecular flexibility index (Phi) is 4.84. The van der Waals surface area contributed by atoms with Crippen molar-refractivity contribution in [1.82, 2.24) is 4.98 Å². The Hall–Kier alpha value is -2.82. The van der Waals surface area contributed by atoms with Crippen LogP contribution in [0.3, 0.4) is 0 Å². The molecule has 0 fully saturated rings. The number of ketones is 1. The molecule has 1 aromatic heterocycles. The molecule has 2 aromatic carbocycles. The monoisotopic (exact) mass is 397 g/mol. The van der Waals surface area contributed by atoms with Crippen molar-refractivity contribution in [1.29, 1.82) is 0 Å². The molecule has 0 radical (unpaired) electrons. The second-order valence-corrected chi connectivity index (χ2v) is 6.73. The SMILES string of the molecule is O=C1C(=Cc2ccncc2)Oc2cc(OCc3ccc(Cl)c(Cl)c3)ccc21. The molecule has 0 aliphatic carbocycles. The number of benzene rings is 2. The van der Waals surface area contributed by atoms with Crippen LogP contribution in [-0.2, 0) is 6.61 Å². The largest absolute Gasteiger partial charge is 0.489 e. The first-order chi connectivity index (χ1) is 13.1. The first-order valence-corrected chi connectivity index (χ1v) is 8.91. The molecule has 0 saturated heterocycles. The van der Waals surface area contributed by atoms with Crippen molar-refractivity contribution in [3.05, 3.63) is 93.4 Å². The number of hydrogen-bond acceptors (Lipinski definition) is 4. The summed E-state index contributed by atoms with van der Waals surface area (Å²) >= 11 is 11.9. The van der Waals surface area contributed by atoms with Gasteiger partial charge in [-0.25, -0.2) is 0 Å². The molecule has 0 unspecified atom stereocenters. The third-order valence-electron chi connectivity index (χ3n) is 4.03. The summed E-state index contributed by atoms with van der Waals surface area (Å²) in [4.78, 5) is 16.4. The molecule has 134 valence electrons. The van der Waals surface area contributed by atoms with Crippen molar-refractivity contribution >= 4 is 35.1 Å². The smallest absolute Gasteiger partial charge is 0.231 e. The van der Waals surface area contributed by atoms with E-state index < -0.39 is 0 Å². The standard InChI is InChI=1S/C21H13Cl2NO3/c22-17-4-1-14(9-18(17)23)12-26-15-2-3-16-19(11-15)27-20(21(16)25)10-13-5-7-24-8-6-13/h1-11H,12H2. The molecule has 2 heterocycles. The maximum Gasteiger partial charge on any atom is 0.231 e. The molecule has 0 spiro atoms. The van der Waals surface area contributed by atoms with Gasteiger partial charge in [-0.1, -0.05) is 29.3 Å². The van der Waals surface area contributed by atoms with Gasteiger partial charge in [-0.3, -0.25) is 9.78 Å². The van der Waals surface area contributed by atoms with Crippen molar-refractivity contribution in [3.8, 4) is 11.5 Å². The van der Waals surface area contributed by atoms with Gasteiger partial charge < -0.3 is 9.47 Å². The van der Waals surface area contributed by atoms with Crippen molar-refractivity contribution in [2.75, 3.05) is 0 Å². The lowest BCUT2D eigenvalue weighted by molar-refractivity contribution is 0.101. The van der Waals surface area contributed by atoms with Crippen LogP contribution < -0.4 is 9.47 Å². The Bertz CT molecular complexity index is 1050. The van der Waals surface area contributed by atoms with Crippen LogP contribution in [0.2, 0.25) is 10.0 Å². The summed E-state index contributed by atoms with van der Waals surface area (Å²) in [7, 11) is 0. The number of rotatable bonds is 4. The van der Waals surface area contributed by atoms with Gasteiger partial charge in [-0.15, -0.1) is 0 Å². The van der Waals surface area contributed by atoms with E-state index in [0.717, 1.165) is 11.1 Å². The fourth-order valence-electron chi connectivity index (χ4n) is 2.66. The molecule has 0 N–H and O–H groups in total. The van der Waals surface area contributed by atoms with Crippen LogP contribution in [0.4, 0.5) is 0 Å². The highest BCUT2D eigenvalue weighted by Crippen LogP contribution is 2.35. The molecule has 27 heavy (non-hydrogen) atoms. The molecular weight excluding hydrogens is 385 g/mol. The van der Waals surface area contributed by atoms with E-state index in [1.165, 1.54) is 0 Å². The number of hydrogen-bond donors (Lipinski definition) is 0. The molecule has 4 rings (SSSR count). The van der Waals surface area contributed by atoms with Crippen molar-refractivity contribution in [3.63, 3.8) is 0 Å². The molecular formula is C21H13Cl2NO3. The van der Waals surface area contributed by atoms with Crippen LogP contribution in [0.1, 0.15) is 21.5 Å². The molecule has 6 heteroatoms. The van der Waals surface area contributed by atoms with Gasteiger partial charge in [0.05, 0.1) is 15.6 Å². The van der Waals surface area contributed by atoms with E-state index >= 15 is 0 Å². The highest BCUT2D eigenvalue weighted by molar-refractivity contribution is 6.42. The molecule has 0 saturated carbocycles. The van der Waals surface area contributed by atoms with Crippen LogP contribution in [0.25, 0.3) is 6.08 Å². The molecule has 1 aliphatic heterocycles. The Morgan fingerprint density at radius 1 is 1.00 bits per heavy atom. The minimum atomic E-state index is -0.155. The number of Topliss-reactive ketones (excluding diaryl/α,β-unsaturated/α-hetero) is 1. The van der Waals surface area contributed by atoms with Gasteiger partial charge in [0.25, 0.3) is 0 Å². The van der Waals surface area contributed by atoms with E-state index in [-0.39, 0.29) is 11.5 Å². The molecule has 4 nitrogen and oxygen atoms in total. The summed E-state index contributed by atoms with van der Waals surface area (Å²) in [5.41, 5.74) is 2.25. The van der Waals surface area contributed by atoms with Crippen LogP contribution in [0, 0.1) is 0 Å². The van der Waals surface area contributed by atoms with E-state index in [4.69, 9.17) is 32.7 Å². The summed E-state index contributed by atoms with van der Waals surface area (Å²) in [5, 5.41) is 0.977. The summed E-state index contributed by atoms with van der Waals surface area (Å²) in [6.45, 7) is 0.323. The Labute approximate surface area is 166 Å². The maximum absolute atomic E-state index is 12.5. The van der Waals surface area contributed by atoms with Crippen molar-refractivity contribution in [2.45, 2.75) is 6.61 Å². The number of fused-ring (bicyclic) bond motifs is 1. The lowest BCUT2D eigenvalue weighted by Crippen LogP contribution is -1.98. The van der Waals surface area contributed by atoms with Crippen LogP contribution in [0.15, 0.2) is 66.7 Å². The Balaban J connectivity index is 1.50. The number of carbonyl (C=O) groups excluding carboxylic acids is 1. The number of nitrogens with zero attached hydrogens (tertiary/aromatic N) is 1. The average molecular weight is 398 g/mol. The third kappa shape index (κ3) is 3.82. The number of pyridine rings is 1. The van der Waals surface area contributed by atoms with Crippen molar-refractivity contribution < 1.29 is 14.3 Å². The first kappa shape index (κ1) is 17.6. The van der Waals surface area contributed by atoms with Crippen molar-refractivity contribution in [2.24, 2.45) is 0 Å². The molecule has 0 bridgehead atoms. The number of ether oxygens (including phenoxy) is 2. The predicted octanol–water partition coefficient (Wildman–Crippen LogP) is 5.58. The van der Waals surface area contributed by atoms with E-state index in [0.29, 0.717) is 33.7 Å². The van der Waals surface area contributed by atoms with Gasteiger partial charge in [0.2, 0.25) is 5.78 Å². The zero-order valence-corrected chi connectivity index (χ0v) is 15.5. The minimum Gasteiger partial charge on any atom is -0.489 e. The minimum absolute atomic E-state index is 0.155. The van der Waals surface area contributed by atoms with Gasteiger partial charge in [0.1, 0.15) is 18.1 Å². The number of halogens is 2. The second kappa shape index (κ2) is 7.43. The third-order valence-corrected chi connectivity index (χ3v) is 4.77. The van der Waals surface area contributed by atoms with E-state index in [9.17, 15) is 4.79 Å². The molecule has 1 aliphatic rings. The zero-order valence-electron chi connectivity index (χ0n) is 14.0. The molecule has 0 amide bonds. The van der Waals surface area contributed by atoms with E-state index in [1.54, 1.807) is 60.9 Å². The Morgan fingerprint density at radius 2 is 1.81 bits per heavy atom. The fraction of sp³-hybridized carbons (Fsp3) is 0.0476. The number of aromatic nitrogens is 1. The first-order valence-electron chi connectivity index (χ1n) is 8.15. The molecule has 3 aromatic rings. The normalized spacial score (nSPS) is 14.1. The summed E-state index contributed by atoms with van der Waals surface area (Å²) in [6, 6.07) is 14.1. The molecule has 0 atom stereocenters. The summed E-state index contributed by atoms with van der Waals surface area (Å²) in [5.74, 6) is 1.19. The predicted molar refractivity (Wildman–Crippen MR) is 104 cm³/mol. The highest BCUT2D eigenvalue weighted by atomic mass is 35.5. The lowest BCUT2D eigenvalue weighted by atomic mass is 10.1. The average Bonchev–Trinajstić information content (AvgIpc) is 2.98. The van der Waals surface area contributed by atoms with Gasteiger partial charge >= 0.3 is 0 Å². The Morgan fingerprint density at radius 3 is 2.59 bits per heavy atom. The highest BCUT2D eigenvalue weighted by Gasteiger charge is 2.27. The lowest BCUT2D eigenvalue weighted by Gasteiger charge is -2.08.